The highest BCUT2D eigenvalue weighted by molar-refractivity contribution is 5.53. The van der Waals surface area contributed by atoms with Crippen molar-refractivity contribution in [2.75, 3.05) is 31.1 Å². The fourth-order valence-electron chi connectivity index (χ4n) is 2.87. The quantitative estimate of drug-likeness (QED) is 0.915. The highest BCUT2D eigenvalue weighted by atomic mass is 19.4. The summed E-state index contributed by atoms with van der Waals surface area (Å²) < 4.78 is 42.4. The number of hydrogen-bond donors (Lipinski definition) is 1. The van der Waals surface area contributed by atoms with E-state index in [-0.39, 0.29) is 11.7 Å². The molecule has 1 aromatic carbocycles. The van der Waals surface area contributed by atoms with Gasteiger partial charge in [0.25, 0.3) is 0 Å². The molecule has 0 aliphatic carbocycles. The average Bonchev–Trinajstić information content (AvgIpc) is 3.00. The number of anilines is 1. The van der Waals surface area contributed by atoms with Crippen LogP contribution < -0.4 is 15.0 Å². The van der Waals surface area contributed by atoms with E-state index < -0.39 is 6.36 Å². The van der Waals surface area contributed by atoms with E-state index in [9.17, 15) is 13.2 Å². The fraction of sp³-hybridized carbons (Fsp3) is 0.471. The third-order valence-corrected chi connectivity index (χ3v) is 4.06. The van der Waals surface area contributed by atoms with Crippen LogP contribution in [0, 0.1) is 0 Å². The molecule has 136 valence electrons. The normalized spacial score (nSPS) is 15.7. The first-order valence-corrected chi connectivity index (χ1v) is 8.25. The molecule has 2 heterocycles. The van der Waals surface area contributed by atoms with E-state index in [4.69, 9.17) is 0 Å². The molecule has 0 atom stereocenters. The van der Waals surface area contributed by atoms with Crippen LogP contribution in [0.2, 0.25) is 0 Å². The minimum atomic E-state index is -4.69. The van der Waals surface area contributed by atoms with E-state index >= 15 is 0 Å². The van der Waals surface area contributed by atoms with Crippen LogP contribution in [-0.2, 0) is 0 Å². The first-order chi connectivity index (χ1) is 11.8. The van der Waals surface area contributed by atoms with Gasteiger partial charge in [-0.25, -0.2) is 4.68 Å². The lowest BCUT2D eigenvalue weighted by atomic mass is 10.1. The molecule has 0 unspecified atom stereocenters. The Morgan fingerprint density at radius 1 is 1.12 bits per heavy atom. The Kier molecular flexibility index (Phi) is 4.89. The second-order valence-corrected chi connectivity index (χ2v) is 6.28. The van der Waals surface area contributed by atoms with Gasteiger partial charge in [-0.3, -0.25) is 0 Å². The van der Waals surface area contributed by atoms with E-state index in [2.05, 4.69) is 33.9 Å². The second-order valence-electron chi connectivity index (χ2n) is 6.28. The molecule has 0 bridgehead atoms. The van der Waals surface area contributed by atoms with Gasteiger partial charge in [-0.2, -0.15) is 5.10 Å². The Morgan fingerprint density at radius 3 is 2.32 bits per heavy atom. The number of aromatic nitrogens is 2. The summed E-state index contributed by atoms with van der Waals surface area (Å²) in [6, 6.07) is 5.73. The number of alkyl halides is 3. The molecule has 0 radical (unpaired) electrons. The van der Waals surface area contributed by atoms with Crippen molar-refractivity contribution in [1.82, 2.24) is 15.1 Å². The zero-order valence-electron chi connectivity index (χ0n) is 14.2. The summed E-state index contributed by atoms with van der Waals surface area (Å²) in [6.07, 6.45) is -2.74. The van der Waals surface area contributed by atoms with Crippen molar-refractivity contribution in [2.24, 2.45) is 0 Å². The minimum Gasteiger partial charge on any atom is -0.406 e. The van der Waals surface area contributed by atoms with Crippen LogP contribution in [0.15, 0.2) is 30.5 Å². The zero-order chi connectivity index (χ0) is 18.0. The Morgan fingerprint density at radius 2 is 1.76 bits per heavy atom. The minimum absolute atomic E-state index is 0.241. The summed E-state index contributed by atoms with van der Waals surface area (Å²) in [5, 5.41) is 7.97. The molecule has 1 fully saturated rings. The highest BCUT2D eigenvalue weighted by Crippen LogP contribution is 2.29. The Balaban J connectivity index is 1.87. The first-order valence-electron chi connectivity index (χ1n) is 8.25. The summed E-state index contributed by atoms with van der Waals surface area (Å²) in [5.74, 6) is 0.00814. The van der Waals surface area contributed by atoms with Crippen molar-refractivity contribution in [3.63, 3.8) is 0 Å². The maximum Gasteiger partial charge on any atom is 0.573 e. The van der Waals surface area contributed by atoms with Gasteiger partial charge in [0.2, 0.25) is 0 Å². The summed E-state index contributed by atoms with van der Waals surface area (Å²) in [4.78, 5) is 2.29. The molecule has 25 heavy (non-hydrogen) atoms. The highest BCUT2D eigenvalue weighted by Gasteiger charge is 2.31. The molecule has 2 aromatic rings. The van der Waals surface area contributed by atoms with E-state index in [1.807, 2.05) is 6.20 Å². The molecular formula is C17H21F3N4O. The van der Waals surface area contributed by atoms with Crippen LogP contribution >= 0.6 is 0 Å². The maximum atomic E-state index is 12.3. The summed E-state index contributed by atoms with van der Waals surface area (Å²) in [7, 11) is 0. The molecule has 0 saturated carbocycles. The van der Waals surface area contributed by atoms with Crippen LogP contribution in [0.4, 0.5) is 18.9 Å². The number of rotatable bonds is 4. The summed E-state index contributed by atoms with van der Waals surface area (Å²) >= 11 is 0. The summed E-state index contributed by atoms with van der Waals surface area (Å²) in [5.41, 5.74) is 2.75. The van der Waals surface area contributed by atoms with Crippen LogP contribution in [-0.4, -0.2) is 42.3 Å². The van der Waals surface area contributed by atoms with Crippen molar-refractivity contribution < 1.29 is 17.9 Å². The molecule has 1 saturated heterocycles. The van der Waals surface area contributed by atoms with Crippen LogP contribution in [0.3, 0.4) is 0 Å². The molecule has 8 heteroatoms. The Labute approximate surface area is 144 Å². The monoisotopic (exact) mass is 354 g/mol. The lowest BCUT2D eigenvalue weighted by Crippen LogP contribution is -2.43. The molecule has 3 rings (SSSR count). The Hall–Kier alpha value is -2.22. The SMILES string of the molecule is CC(C)c1nn(-c2ccc(OC(F)(F)F)cc2)cc1N1CCNCC1. The van der Waals surface area contributed by atoms with Crippen LogP contribution in [0.25, 0.3) is 5.69 Å². The van der Waals surface area contributed by atoms with Gasteiger partial charge >= 0.3 is 6.36 Å². The van der Waals surface area contributed by atoms with E-state index in [0.717, 1.165) is 37.6 Å². The van der Waals surface area contributed by atoms with Crippen LogP contribution in [0.5, 0.6) is 5.75 Å². The maximum absolute atomic E-state index is 12.3. The van der Waals surface area contributed by atoms with Gasteiger partial charge in [0.05, 0.1) is 23.3 Å². The van der Waals surface area contributed by atoms with Gasteiger partial charge in [-0.1, -0.05) is 13.8 Å². The molecule has 5 nitrogen and oxygen atoms in total. The smallest absolute Gasteiger partial charge is 0.406 e. The van der Waals surface area contributed by atoms with Gasteiger partial charge in [-0.15, -0.1) is 13.2 Å². The van der Waals surface area contributed by atoms with E-state index in [0.29, 0.717) is 5.69 Å². The molecule has 1 aliphatic heterocycles. The number of halogens is 3. The molecule has 1 aromatic heterocycles. The first kappa shape index (κ1) is 17.6. The number of ether oxygens (including phenoxy) is 1. The van der Waals surface area contributed by atoms with E-state index in [1.54, 1.807) is 16.8 Å². The number of benzene rings is 1. The fourth-order valence-corrected chi connectivity index (χ4v) is 2.87. The van der Waals surface area contributed by atoms with Crippen molar-refractivity contribution in [1.29, 1.82) is 0 Å². The number of hydrogen-bond acceptors (Lipinski definition) is 4. The van der Waals surface area contributed by atoms with Crippen molar-refractivity contribution in [3.05, 3.63) is 36.2 Å². The molecule has 0 amide bonds. The average molecular weight is 354 g/mol. The van der Waals surface area contributed by atoms with Crippen molar-refractivity contribution >= 4 is 5.69 Å². The van der Waals surface area contributed by atoms with Gasteiger partial charge < -0.3 is 15.0 Å². The predicted molar refractivity (Wildman–Crippen MR) is 89.4 cm³/mol. The second kappa shape index (κ2) is 6.95. The number of nitrogens with one attached hydrogen (secondary N) is 1. The van der Waals surface area contributed by atoms with Gasteiger partial charge in [0, 0.05) is 26.2 Å². The van der Waals surface area contributed by atoms with Crippen LogP contribution in [0.1, 0.15) is 25.5 Å². The Bertz CT molecular complexity index is 704. The lowest BCUT2D eigenvalue weighted by molar-refractivity contribution is -0.274. The van der Waals surface area contributed by atoms with Gasteiger partial charge in [0.15, 0.2) is 0 Å². The topological polar surface area (TPSA) is 42.3 Å². The lowest BCUT2D eigenvalue weighted by Gasteiger charge is -2.29. The number of nitrogens with zero attached hydrogens (tertiary/aromatic N) is 3. The molecule has 1 aliphatic rings. The third-order valence-electron chi connectivity index (χ3n) is 4.06. The van der Waals surface area contributed by atoms with Gasteiger partial charge in [-0.05, 0) is 30.2 Å². The predicted octanol–water partition coefficient (Wildman–Crippen LogP) is 3.30. The largest absolute Gasteiger partial charge is 0.573 e. The molecule has 0 spiro atoms. The van der Waals surface area contributed by atoms with Crippen molar-refractivity contribution in [3.8, 4) is 11.4 Å². The zero-order valence-corrected chi connectivity index (χ0v) is 14.2. The third kappa shape index (κ3) is 4.25. The molecule has 1 N–H and O–H groups in total. The van der Waals surface area contributed by atoms with Crippen molar-refractivity contribution in [2.45, 2.75) is 26.1 Å². The van der Waals surface area contributed by atoms with E-state index in [1.165, 1.54) is 12.1 Å². The summed E-state index contributed by atoms with van der Waals surface area (Å²) in [6.45, 7) is 7.82. The van der Waals surface area contributed by atoms with Gasteiger partial charge in [0.1, 0.15) is 5.75 Å². The number of piperazine rings is 1. The molecular weight excluding hydrogens is 333 g/mol. The standard InChI is InChI=1S/C17H21F3N4O/c1-12(2)16-15(23-9-7-21-8-10-23)11-24(22-16)13-3-5-14(6-4-13)25-17(18,19)20/h3-6,11-12,21H,7-10H2,1-2H3.